The molecule has 166 valence electrons. The van der Waals surface area contributed by atoms with Crippen LogP contribution in [0.4, 0.5) is 5.69 Å². The molecule has 0 atom stereocenters. The van der Waals surface area contributed by atoms with Crippen LogP contribution in [0.2, 0.25) is 0 Å². The maximum atomic E-state index is 13.1. The second-order valence-electron chi connectivity index (χ2n) is 8.43. The molecule has 2 aromatic carbocycles. The highest BCUT2D eigenvalue weighted by Crippen LogP contribution is 2.34. The highest BCUT2D eigenvalue weighted by atomic mass is 35.5. The van der Waals surface area contributed by atoms with E-state index in [1.807, 2.05) is 56.3 Å². The van der Waals surface area contributed by atoms with Crippen LogP contribution in [0.3, 0.4) is 0 Å². The number of piperazine rings is 1. The van der Waals surface area contributed by atoms with Gasteiger partial charge in [-0.05, 0) is 37.6 Å². The van der Waals surface area contributed by atoms with Gasteiger partial charge in [-0.3, -0.25) is 19.4 Å². The van der Waals surface area contributed by atoms with Crippen molar-refractivity contribution < 1.29 is 14.3 Å². The van der Waals surface area contributed by atoms with E-state index in [1.54, 1.807) is 7.11 Å². The Kier molecular flexibility index (Phi) is 6.92. The third-order valence-corrected chi connectivity index (χ3v) is 6.29. The predicted molar refractivity (Wildman–Crippen MR) is 124 cm³/mol. The van der Waals surface area contributed by atoms with E-state index in [2.05, 4.69) is 15.9 Å². The number of hydrogen-bond donors (Lipinski definition) is 0. The molecule has 6 nitrogen and oxygen atoms in total. The fourth-order valence-corrected chi connectivity index (χ4v) is 4.45. The molecule has 0 unspecified atom stereocenters. The van der Waals surface area contributed by atoms with Gasteiger partial charge in [0.2, 0.25) is 5.91 Å². The van der Waals surface area contributed by atoms with Crippen molar-refractivity contribution in [1.29, 1.82) is 0 Å². The average Bonchev–Trinajstić information content (AvgIpc) is 2.78. The number of carbonyl (C=O) groups is 2. The Morgan fingerprint density at radius 3 is 2.26 bits per heavy atom. The van der Waals surface area contributed by atoms with E-state index in [4.69, 9.17) is 4.74 Å². The lowest BCUT2D eigenvalue weighted by molar-refractivity contribution is -0.134. The van der Waals surface area contributed by atoms with Crippen LogP contribution in [0.25, 0.3) is 0 Å². The van der Waals surface area contributed by atoms with E-state index < -0.39 is 5.41 Å². The number of imide groups is 1. The summed E-state index contributed by atoms with van der Waals surface area (Å²) in [6.45, 7) is 8.45. The van der Waals surface area contributed by atoms with Crippen molar-refractivity contribution in [2.24, 2.45) is 0 Å². The average molecular weight is 444 g/mol. The molecule has 0 N–H and O–H groups in total. The Morgan fingerprint density at radius 2 is 1.55 bits per heavy atom. The number of amides is 2. The molecule has 2 aliphatic rings. The van der Waals surface area contributed by atoms with E-state index in [0.29, 0.717) is 18.7 Å². The first-order valence-corrected chi connectivity index (χ1v) is 10.5. The number of ether oxygens (including phenoxy) is 1. The zero-order valence-corrected chi connectivity index (χ0v) is 19.2. The Bertz CT molecular complexity index is 955. The van der Waals surface area contributed by atoms with E-state index in [0.717, 1.165) is 43.2 Å². The molecule has 2 heterocycles. The second-order valence-corrected chi connectivity index (χ2v) is 8.43. The standard InChI is InChI=1S/C24H29N3O3.ClH/c1-24(2)19-9-5-4-8-18(19)22(28)27(23(24)29)17-14-25-12-15-26(16-13-25)20-10-6-7-11-21(20)30-3;/h4-11H,12-17H2,1-3H3;1H. The SMILES string of the molecule is COc1ccccc1N1CCN(CCN2C(=O)c3ccccc3C(C)(C)C2=O)CC1.Cl. The van der Waals surface area contributed by atoms with Crippen LogP contribution in [0.15, 0.2) is 48.5 Å². The summed E-state index contributed by atoms with van der Waals surface area (Å²) in [5.41, 5.74) is 1.89. The van der Waals surface area contributed by atoms with Gasteiger partial charge in [-0.2, -0.15) is 0 Å². The summed E-state index contributed by atoms with van der Waals surface area (Å²) in [4.78, 5) is 32.1. The number of anilines is 1. The fourth-order valence-electron chi connectivity index (χ4n) is 4.45. The first kappa shape index (κ1) is 23.1. The number of nitrogens with zero attached hydrogens (tertiary/aromatic N) is 3. The molecular weight excluding hydrogens is 414 g/mol. The monoisotopic (exact) mass is 443 g/mol. The van der Waals surface area contributed by atoms with Gasteiger partial charge in [0.15, 0.2) is 0 Å². The first-order chi connectivity index (χ1) is 14.4. The van der Waals surface area contributed by atoms with E-state index >= 15 is 0 Å². The van der Waals surface area contributed by atoms with Crippen molar-refractivity contribution in [3.63, 3.8) is 0 Å². The summed E-state index contributed by atoms with van der Waals surface area (Å²) >= 11 is 0. The molecule has 0 aliphatic carbocycles. The summed E-state index contributed by atoms with van der Waals surface area (Å²) in [5, 5.41) is 0. The van der Waals surface area contributed by atoms with Crippen LogP contribution in [-0.4, -0.2) is 68.0 Å². The van der Waals surface area contributed by atoms with Gasteiger partial charge >= 0.3 is 0 Å². The van der Waals surface area contributed by atoms with Crippen molar-refractivity contribution in [3.05, 3.63) is 59.7 Å². The van der Waals surface area contributed by atoms with Gasteiger partial charge in [0, 0.05) is 44.8 Å². The lowest BCUT2D eigenvalue weighted by Crippen LogP contribution is -2.55. The van der Waals surface area contributed by atoms with Crippen LogP contribution in [-0.2, 0) is 10.2 Å². The lowest BCUT2D eigenvalue weighted by Gasteiger charge is -2.40. The van der Waals surface area contributed by atoms with E-state index in [-0.39, 0.29) is 24.2 Å². The summed E-state index contributed by atoms with van der Waals surface area (Å²) in [7, 11) is 1.70. The number of rotatable bonds is 5. The smallest absolute Gasteiger partial charge is 0.260 e. The Balaban J connectivity index is 0.00000272. The third kappa shape index (κ3) is 4.27. The Hall–Kier alpha value is -2.57. The summed E-state index contributed by atoms with van der Waals surface area (Å²) in [5.74, 6) is 0.595. The topological polar surface area (TPSA) is 53.1 Å². The van der Waals surface area contributed by atoms with Gasteiger partial charge in [0.05, 0.1) is 18.2 Å². The predicted octanol–water partition coefficient (Wildman–Crippen LogP) is 3.20. The van der Waals surface area contributed by atoms with Gasteiger partial charge in [-0.15, -0.1) is 12.4 Å². The maximum absolute atomic E-state index is 13.1. The van der Waals surface area contributed by atoms with Crippen LogP contribution in [0.5, 0.6) is 5.75 Å². The van der Waals surface area contributed by atoms with Crippen LogP contribution >= 0.6 is 12.4 Å². The lowest BCUT2D eigenvalue weighted by atomic mass is 9.77. The van der Waals surface area contributed by atoms with Crippen LogP contribution in [0.1, 0.15) is 29.8 Å². The number of hydrogen-bond acceptors (Lipinski definition) is 5. The number of fused-ring (bicyclic) bond motifs is 1. The van der Waals surface area contributed by atoms with Crippen molar-refractivity contribution in [1.82, 2.24) is 9.80 Å². The quantitative estimate of drug-likeness (QED) is 0.664. The molecule has 2 aliphatic heterocycles. The van der Waals surface area contributed by atoms with Crippen LogP contribution < -0.4 is 9.64 Å². The molecule has 0 bridgehead atoms. The summed E-state index contributed by atoms with van der Waals surface area (Å²) in [6, 6.07) is 15.5. The first-order valence-electron chi connectivity index (χ1n) is 10.5. The molecule has 0 aromatic heterocycles. The number of halogens is 1. The second kappa shape index (κ2) is 9.28. The maximum Gasteiger partial charge on any atom is 0.260 e. The minimum absolute atomic E-state index is 0. The number of benzene rings is 2. The highest BCUT2D eigenvalue weighted by Gasteiger charge is 2.44. The normalized spacial score (nSPS) is 18.4. The molecule has 4 rings (SSSR count). The molecule has 0 spiro atoms. The number of carbonyl (C=O) groups excluding carboxylic acids is 2. The molecule has 2 amide bonds. The van der Waals surface area contributed by atoms with Gasteiger partial charge in [-0.1, -0.05) is 30.3 Å². The molecule has 7 heteroatoms. The van der Waals surface area contributed by atoms with E-state index in [1.165, 1.54) is 4.90 Å². The zero-order chi connectivity index (χ0) is 21.3. The van der Waals surface area contributed by atoms with Crippen molar-refractivity contribution in [2.45, 2.75) is 19.3 Å². The van der Waals surface area contributed by atoms with Gasteiger partial charge in [0.25, 0.3) is 5.91 Å². The molecular formula is C24H30ClN3O3. The molecule has 0 radical (unpaired) electrons. The Morgan fingerprint density at radius 1 is 0.903 bits per heavy atom. The minimum atomic E-state index is -0.687. The number of para-hydroxylation sites is 2. The van der Waals surface area contributed by atoms with Crippen molar-refractivity contribution in [3.8, 4) is 5.75 Å². The summed E-state index contributed by atoms with van der Waals surface area (Å²) < 4.78 is 5.49. The van der Waals surface area contributed by atoms with Crippen LogP contribution in [0, 0.1) is 0 Å². The molecule has 2 aromatic rings. The highest BCUT2D eigenvalue weighted by molar-refractivity contribution is 6.12. The minimum Gasteiger partial charge on any atom is -0.495 e. The largest absolute Gasteiger partial charge is 0.495 e. The summed E-state index contributed by atoms with van der Waals surface area (Å²) in [6.07, 6.45) is 0. The molecule has 31 heavy (non-hydrogen) atoms. The Labute approximate surface area is 190 Å². The zero-order valence-electron chi connectivity index (χ0n) is 18.3. The third-order valence-electron chi connectivity index (χ3n) is 6.29. The number of methoxy groups -OCH3 is 1. The molecule has 1 fully saturated rings. The fraction of sp³-hybridized carbons (Fsp3) is 0.417. The van der Waals surface area contributed by atoms with Crippen molar-refractivity contribution >= 4 is 29.9 Å². The van der Waals surface area contributed by atoms with Gasteiger partial charge in [-0.25, -0.2) is 0 Å². The molecule has 0 saturated carbocycles. The van der Waals surface area contributed by atoms with E-state index in [9.17, 15) is 9.59 Å². The molecule has 1 saturated heterocycles. The van der Waals surface area contributed by atoms with Gasteiger partial charge in [0.1, 0.15) is 5.75 Å². The van der Waals surface area contributed by atoms with Crippen molar-refractivity contribution in [2.75, 3.05) is 51.3 Å². The van der Waals surface area contributed by atoms with Gasteiger partial charge < -0.3 is 9.64 Å².